The van der Waals surface area contributed by atoms with Gasteiger partial charge in [0.05, 0.1) is 12.4 Å². The molecule has 0 aliphatic rings. The van der Waals surface area contributed by atoms with E-state index in [9.17, 15) is 8.42 Å². The molecular formula is C12H14AlN5O2S. The highest BCUT2D eigenvalue weighted by Crippen LogP contribution is 2.20. The molecule has 21 heavy (non-hydrogen) atoms. The molecule has 0 fully saturated rings. The van der Waals surface area contributed by atoms with Crippen LogP contribution in [0.5, 0.6) is 0 Å². The number of rotatable bonds is 3. The molecule has 3 aromatic heterocycles. The highest BCUT2D eigenvalue weighted by atomic mass is 32.2. The summed E-state index contributed by atoms with van der Waals surface area (Å²) in [5, 5.41) is 3.94. The Bertz CT molecular complexity index is 913. The highest BCUT2D eigenvalue weighted by Gasteiger charge is 2.17. The number of fused-ring (bicyclic) bond motifs is 1. The van der Waals surface area contributed by atoms with Crippen molar-refractivity contribution >= 4 is 36.7 Å². The first kappa shape index (κ1) is 14.3. The minimum Gasteiger partial charge on any atom is -0.322 e. The van der Waals surface area contributed by atoms with Crippen LogP contribution in [-0.4, -0.2) is 61.7 Å². The SMILES string of the molecule is CN(C)S(=O)(=O)n1cc(-c2ccn3[c]([AlH2])cnc3c2)cn1. The summed E-state index contributed by atoms with van der Waals surface area (Å²) in [7, 11) is -0.635. The van der Waals surface area contributed by atoms with E-state index < -0.39 is 10.2 Å². The van der Waals surface area contributed by atoms with E-state index in [-0.39, 0.29) is 0 Å². The van der Waals surface area contributed by atoms with Gasteiger partial charge in [-0.05, 0) is 22.3 Å². The largest absolute Gasteiger partial charge is 0.322 e. The third-order valence-corrected chi connectivity index (χ3v) is 5.62. The molecule has 3 heterocycles. The summed E-state index contributed by atoms with van der Waals surface area (Å²) in [6.07, 6.45) is 6.84. The summed E-state index contributed by atoms with van der Waals surface area (Å²) in [6, 6.07) is 3.85. The second kappa shape index (κ2) is 4.96. The van der Waals surface area contributed by atoms with Crippen LogP contribution in [0.2, 0.25) is 0 Å². The topological polar surface area (TPSA) is 72.5 Å². The van der Waals surface area contributed by atoms with Crippen molar-refractivity contribution in [3.63, 3.8) is 0 Å². The second-order valence-electron chi connectivity index (χ2n) is 4.93. The first-order chi connectivity index (χ1) is 9.89. The number of hydrogen-bond donors (Lipinski definition) is 0. The molecule has 3 aromatic rings. The Kier molecular flexibility index (Phi) is 3.38. The third kappa shape index (κ3) is 2.38. The van der Waals surface area contributed by atoms with Gasteiger partial charge in [0.25, 0.3) is 16.3 Å². The van der Waals surface area contributed by atoms with E-state index in [1.165, 1.54) is 31.0 Å². The molecule has 0 atom stereocenters. The number of nitrogens with zero attached hydrogens (tertiary/aromatic N) is 5. The van der Waals surface area contributed by atoms with Crippen molar-refractivity contribution < 1.29 is 8.42 Å². The minimum absolute atomic E-state index is 0.737. The first-order valence-corrected chi connectivity index (χ1v) is 8.71. The predicted molar refractivity (Wildman–Crippen MR) is 82.6 cm³/mol. The molecule has 0 saturated carbocycles. The molecule has 7 nitrogen and oxygen atoms in total. The Morgan fingerprint density at radius 1 is 1.24 bits per heavy atom. The lowest BCUT2D eigenvalue weighted by molar-refractivity contribution is 0.504. The van der Waals surface area contributed by atoms with Crippen molar-refractivity contribution in [1.29, 1.82) is 0 Å². The minimum atomic E-state index is -3.58. The fraction of sp³-hybridized carbons (Fsp3) is 0.167. The van der Waals surface area contributed by atoms with Gasteiger partial charge in [-0.3, -0.25) is 0 Å². The number of pyridine rings is 1. The maximum Gasteiger partial charge on any atom is 0.322 e. The van der Waals surface area contributed by atoms with Gasteiger partial charge in [0.15, 0.2) is 0 Å². The van der Waals surface area contributed by atoms with Crippen molar-refractivity contribution in [2.45, 2.75) is 0 Å². The quantitative estimate of drug-likeness (QED) is 0.587. The maximum atomic E-state index is 12.0. The van der Waals surface area contributed by atoms with E-state index >= 15 is 0 Å². The number of aromatic nitrogens is 4. The zero-order valence-electron chi connectivity index (χ0n) is 11.9. The van der Waals surface area contributed by atoms with Crippen LogP contribution in [0.3, 0.4) is 0 Å². The van der Waals surface area contributed by atoms with E-state index in [4.69, 9.17) is 0 Å². The molecule has 0 spiro atoms. The van der Waals surface area contributed by atoms with Gasteiger partial charge >= 0.3 is 10.2 Å². The average molecular weight is 319 g/mol. The molecule has 0 unspecified atom stereocenters. The lowest BCUT2D eigenvalue weighted by atomic mass is 10.1. The summed E-state index contributed by atoms with van der Waals surface area (Å²) >= 11 is 0.922. The smallest absolute Gasteiger partial charge is 0.322 e. The molecule has 0 aliphatic carbocycles. The predicted octanol–water partition coefficient (Wildman–Crippen LogP) is -0.889. The highest BCUT2D eigenvalue weighted by molar-refractivity contribution is 7.87. The van der Waals surface area contributed by atoms with Crippen molar-refractivity contribution in [3.8, 4) is 11.1 Å². The molecule has 108 valence electrons. The van der Waals surface area contributed by atoms with Crippen LogP contribution >= 0.6 is 0 Å². The fourth-order valence-electron chi connectivity index (χ4n) is 2.03. The molecule has 0 aromatic carbocycles. The Labute approximate surface area is 130 Å². The zero-order chi connectivity index (χ0) is 15.2. The summed E-state index contributed by atoms with van der Waals surface area (Å²) in [5.74, 6) is 0. The molecule has 0 radical (unpaired) electrons. The standard InChI is InChI=1S/C12H12N5O2S.Al.2H/c1-15(2)20(18,19)17-9-11(8-14-17)10-3-5-16-6-4-13-12(16)7-10;;;/h3-5,7-9H,1-2H3;;;. The third-order valence-electron chi connectivity index (χ3n) is 3.29. The van der Waals surface area contributed by atoms with Crippen LogP contribution in [0.4, 0.5) is 0 Å². The lowest BCUT2D eigenvalue weighted by Gasteiger charge is -2.09. The van der Waals surface area contributed by atoms with Crippen molar-refractivity contribution in [2.75, 3.05) is 14.1 Å². The summed E-state index contributed by atoms with van der Waals surface area (Å²) in [5.41, 5.74) is 2.47. The first-order valence-electron chi connectivity index (χ1n) is 6.31. The number of hydrogen-bond acceptors (Lipinski definition) is 4. The van der Waals surface area contributed by atoms with Gasteiger partial charge in [0, 0.05) is 32.1 Å². The van der Waals surface area contributed by atoms with Gasteiger partial charge < -0.3 is 4.40 Å². The van der Waals surface area contributed by atoms with Gasteiger partial charge in [-0.15, -0.1) is 0 Å². The lowest BCUT2D eigenvalue weighted by Crippen LogP contribution is -2.29. The van der Waals surface area contributed by atoms with Crippen LogP contribution in [0.15, 0.2) is 36.9 Å². The van der Waals surface area contributed by atoms with Crippen LogP contribution in [0.25, 0.3) is 16.8 Å². The van der Waals surface area contributed by atoms with Gasteiger partial charge in [0.1, 0.15) is 5.65 Å². The van der Waals surface area contributed by atoms with E-state index in [0.29, 0.717) is 0 Å². The summed E-state index contributed by atoms with van der Waals surface area (Å²) in [6.45, 7) is 0. The summed E-state index contributed by atoms with van der Waals surface area (Å²) < 4.78 is 29.3. The fourth-order valence-corrected chi connectivity index (χ4v) is 3.29. The van der Waals surface area contributed by atoms with Crippen LogP contribution in [-0.2, 0) is 10.2 Å². The Balaban J connectivity index is 2.06. The van der Waals surface area contributed by atoms with E-state index in [1.54, 1.807) is 0 Å². The van der Waals surface area contributed by atoms with E-state index in [1.807, 2.05) is 28.9 Å². The molecule has 0 saturated heterocycles. The Hall–Kier alpha value is -1.66. The molecule has 0 N–H and O–H groups in total. The van der Waals surface area contributed by atoms with Crippen LogP contribution < -0.4 is 4.56 Å². The monoisotopic (exact) mass is 319 g/mol. The second-order valence-corrected chi connectivity index (χ2v) is 7.96. The molecule has 0 aliphatic heterocycles. The van der Waals surface area contributed by atoms with E-state index in [2.05, 4.69) is 10.1 Å². The van der Waals surface area contributed by atoms with Gasteiger partial charge in [-0.2, -0.15) is 21.9 Å². The average Bonchev–Trinajstić information content (AvgIpc) is 3.06. The molecule has 0 bridgehead atoms. The molecule has 9 heteroatoms. The molecular weight excluding hydrogens is 305 g/mol. The van der Waals surface area contributed by atoms with Gasteiger partial charge in [-0.25, -0.2) is 4.98 Å². The Morgan fingerprint density at radius 2 is 2.00 bits per heavy atom. The van der Waals surface area contributed by atoms with E-state index in [0.717, 1.165) is 41.5 Å². The van der Waals surface area contributed by atoms with Crippen molar-refractivity contribution in [2.24, 2.45) is 0 Å². The zero-order valence-corrected chi connectivity index (χ0v) is 14.7. The van der Waals surface area contributed by atoms with Crippen molar-refractivity contribution in [3.05, 3.63) is 36.9 Å². The van der Waals surface area contributed by atoms with Crippen molar-refractivity contribution in [1.82, 2.24) is 22.9 Å². The number of imidazole rings is 1. The summed E-state index contributed by atoms with van der Waals surface area (Å²) in [4.78, 5) is 4.33. The Morgan fingerprint density at radius 3 is 2.71 bits per heavy atom. The maximum absolute atomic E-state index is 12.0. The van der Waals surface area contributed by atoms with Gasteiger partial charge in [-0.1, -0.05) is 0 Å². The van der Waals surface area contributed by atoms with Crippen LogP contribution in [0, 0.1) is 0 Å². The molecule has 0 amide bonds. The normalized spacial score (nSPS) is 12.3. The molecule has 3 rings (SSSR count). The van der Waals surface area contributed by atoms with Crippen LogP contribution in [0.1, 0.15) is 0 Å². The van der Waals surface area contributed by atoms with Gasteiger partial charge in [0.2, 0.25) is 0 Å².